The maximum Gasteiger partial charge on any atom is 0.471 e. The van der Waals surface area contributed by atoms with E-state index in [-0.39, 0.29) is 31.1 Å². The molecule has 1 aromatic carbocycles. The Morgan fingerprint density at radius 1 is 1.29 bits per heavy atom. The molecule has 0 saturated carbocycles. The lowest BCUT2D eigenvalue weighted by molar-refractivity contribution is -0.173. The summed E-state index contributed by atoms with van der Waals surface area (Å²) in [6.45, 7) is 3.67. The molecule has 1 amide bonds. The van der Waals surface area contributed by atoms with E-state index in [4.69, 9.17) is 9.47 Å². The van der Waals surface area contributed by atoms with Gasteiger partial charge in [0.15, 0.2) is 11.5 Å². The Morgan fingerprint density at radius 3 is 2.42 bits per heavy atom. The number of hydrogen-bond donors (Lipinski definition) is 1. The van der Waals surface area contributed by atoms with E-state index in [0.29, 0.717) is 5.69 Å². The molecule has 0 spiro atoms. The molecule has 9 heteroatoms. The van der Waals surface area contributed by atoms with Gasteiger partial charge in [0.05, 0.1) is 12.2 Å². The first-order valence-electron chi connectivity index (χ1n) is 7.16. The summed E-state index contributed by atoms with van der Waals surface area (Å²) >= 11 is 0. The highest BCUT2D eigenvalue weighted by molar-refractivity contribution is 5.81. The smallest absolute Gasteiger partial charge is 0.471 e. The van der Waals surface area contributed by atoms with Gasteiger partial charge in [-0.1, -0.05) is 19.9 Å². The minimum atomic E-state index is -4.93. The lowest BCUT2D eigenvalue weighted by Crippen LogP contribution is -2.38. The number of halogens is 3. The van der Waals surface area contributed by atoms with Crippen LogP contribution in [-0.4, -0.2) is 45.8 Å². The Labute approximate surface area is 138 Å². The molecular formula is C15H21F3N2O4. The molecule has 136 valence electrons. The molecule has 0 heterocycles. The van der Waals surface area contributed by atoms with E-state index in [9.17, 15) is 22.8 Å². The van der Waals surface area contributed by atoms with Crippen LogP contribution in [0.5, 0.6) is 11.5 Å². The maximum absolute atomic E-state index is 12.0. The number of nitrogens with zero attached hydrogens (tertiary/aromatic N) is 1. The molecule has 1 N–H and O–H groups in total. The van der Waals surface area contributed by atoms with Crippen molar-refractivity contribution in [3.8, 4) is 11.5 Å². The van der Waals surface area contributed by atoms with Gasteiger partial charge in [0, 0.05) is 14.1 Å². The fourth-order valence-electron chi connectivity index (χ4n) is 1.56. The highest BCUT2D eigenvalue weighted by Gasteiger charge is 2.38. The average molecular weight is 350 g/mol. The third-order valence-corrected chi connectivity index (χ3v) is 2.51. The molecule has 0 aromatic heterocycles. The fraction of sp³-hybridized carbons (Fsp3) is 0.467. The molecule has 0 fully saturated rings. The van der Waals surface area contributed by atoms with Gasteiger partial charge >= 0.3 is 12.1 Å². The molecule has 0 bridgehead atoms. The number of carbonyl (C=O) groups excluding carboxylic acids is 2. The molecule has 0 aliphatic carbocycles. The van der Waals surface area contributed by atoms with Crippen LogP contribution in [0.1, 0.15) is 13.8 Å². The van der Waals surface area contributed by atoms with Crippen molar-refractivity contribution in [2.75, 3.05) is 32.1 Å². The topological polar surface area (TPSA) is 67.9 Å². The Hall–Kier alpha value is -2.45. The van der Waals surface area contributed by atoms with Crippen molar-refractivity contribution in [1.29, 1.82) is 0 Å². The first kappa shape index (κ1) is 21.6. The number of benzene rings is 1. The molecule has 0 unspecified atom stereocenters. The first-order chi connectivity index (χ1) is 11.3. The van der Waals surface area contributed by atoms with Crippen LogP contribution in [0.25, 0.3) is 0 Å². The first-order valence-corrected chi connectivity index (χ1v) is 7.16. The van der Waals surface area contributed by atoms with Crippen molar-refractivity contribution in [3.05, 3.63) is 18.2 Å². The number of rotatable bonds is 7. The fourth-order valence-corrected chi connectivity index (χ4v) is 1.56. The van der Waals surface area contributed by atoms with Gasteiger partial charge in [-0.2, -0.15) is 13.2 Å². The highest BCUT2D eigenvalue weighted by Crippen LogP contribution is 2.36. The monoisotopic (exact) mass is 350 g/mol. The zero-order valence-electron chi connectivity index (χ0n) is 13.9. The summed E-state index contributed by atoms with van der Waals surface area (Å²) in [4.78, 5) is 22.8. The second-order valence-electron chi connectivity index (χ2n) is 4.32. The van der Waals surface area contributed by atoms with E-state index >= 15 is 0 Å². The van der Waals surface area contributed by atoms with Gasteiger partial charge in [0.2, 0.25) is 0 Å². The second kappa shape index (κ2) is 10.3. The molecule has 0 aliphatic heterocycles. The van der Waals surface area contributed by atoms with E-state index in [0.717, 1.165) is 0 Å². The number of alkyl halides is 3. The minimum absolute atomic E-state index is 0.143. The normalized spacial score (nSPS) is 10.1. The molecule has 24 heavy (non-hydrogen) atoms. The largest absolute Gasteiger partial charge is 0.488 e. The van der Waals surface area contributed by atoms with Crippen LogP contribution in [-0.2, 0) is 9.59 Å². The van der Waals surface area contributed by atoms with Gasteiger partial charge in [-0.15, -0.1) is 0 Å². The second-order valence-corrected chi connectivity index (χ2v) is 4.32. The number of hydrogen-bond acceptors (Lipinski definition) is 5. The van der Waals surface area contributed by atoms with Crippen LogP contribution < -0.4 is 19.7 Å². The standard InChI is InChI=1S/C13H15F3N2O4.C2H6/c1-18(2)9-4-3-5-10(11(9)22-8-19)21-7-6-17-12(20)13(14,15)16;1-2/h3-5,8H,6-7H2,1-2H3,(H,17,20);1-2H3. The van der Waals surface area contributed by atoms with Crippen LogP contribution in [0.4, 0.5) is 18.9 Å². The molecule has 0 saturated heterocycles. The number of anilines is 1. The van der Waals surface area contributed by atoms with Gasteiger partial charge in [-0.3, -0.25) is 9.59 Å². The van der Waals surface area contributed by atoms with Gasteiger partial charge in [0.1, 0.15) is 6.61 Å². The summed E-state index contributed by atoms with van der Waals surface area (Å²) in [6.07, 6.45) is -4.93. The van der Waals surface area contributed by atoms with Crippen molar-refractivity contribution in [1.82, 2.24) is 5.32 Å². The number of nitrogens with one attached hydrogen (secondary N) is 1. The van der Waals surface area contributed by atoms with E-state index in [1.807, 2.05) is 13.8 Å². The molecule has 0 atom stereocenters. The van der Waals surface area contributed by atoms with Crippen molar-refractivity contribution in [3.63, 3.8) is 0 Å². The molecule has 6 nitrogen and oxygen atoms in total. The summed E-state index contributed by atoms with van der Waals surface area (Å²) in [5.41, 5.74) is 0.559. The predicted octanol–water partition coefficient (Wildman–Crippen LogP) is 2.37. The van der Waals surface area contributed by atoms with Crippen LogP contribution >= 0.6 is 0 Å². The van der Waals surface area contributed by atoms with Crippen LogP contribution in [0.3, 0.4) is 0 Å². The van der Waals surface area contributed by atoms with E-state index in [1.165, 1.54) is 6.07 Å². The van der Waals surface area contributed by atoms with Gasteiger partial charge in [0.25, 0.3) is 6.47 Å². The third kappa shape index (κ3) is 6.76. The van der Waals surface area contributed by atoms with Crippen molar-refractivity contribution < 1.29 is 32.2 Å². The molecule has 1 rings (SSSR count). The van der Waals surface area contributed by atoms with Crippen molar-refractivity contribution in [2.24, 2.45) is 0 Å². The molecular weight excluding hydrogens is 329 g/mol. The lowest BCUT2D eigenvalue weighted by atomic mass is 10.2. The highest BCUT2D eigenvalue weighted by atomic mass is 19.4. The summed E-state index contributed by atoms with van der Waals surface area (Å²) in [5, 5.41) is 1.67. The molecule has 0 aliphatic rings. The zero-order chi connectivity index (χ0) is 18.8. The SMILES string of the molecule is CC.CN(C)c1cccc(OCCNC(=O)C(F)(F)F)c1OC=O. The summed E-state index contributed by atoms with van der Waals surface area (Å²) in [7, 11) is 3.45. The number of amides is 1. The molecule has 0 radical (unpaired) electrons. The summed E-state index contributed by atoms with van der Waals surface area (Å²) in [6, 6.07) is 4.81. The van der Waals surface area contributed by atoms with Crippen LogP contribution in [0.15, 0.2) is 18.2 Å². The van der Waals surface area contributed by atoms with Gasteiger partial charge in [-0.25, -0.2) is 0 Å². The van der Waals surface area contributed by atoms with Crippen molar-refractivity contribution in [2.45, 2.75) is 20.0 Å². The Morgan fingerprint density at radius 2 is 1.92 bits per heavy atom. The van der Waals surface area contributed by atoms with Gasteiger partial charge < -0.3 is 19.7 Å². The maximum atomic E-state index is 12.0. The third-order valence-electron chi connectivity index (χ3n) is 2.51. The van der Waals surface area contributed by atoms with E-state index in [2.05, 4.69) is 0 Å². The van der Waals surface area contributed by atoms with E-state index in [1.54, 1.807) is 36.4 Å². The lowest BCUT2D eigenvalue weighted by Gasteiger charge is -2.18. The Bertz CT molecular complexity index is 534. The predicted molar refractivity (Wildman–Crippen MR) is 83.4 cm³/mol. The Kier molecular flexibility index (Phi) is 9.29. The number of carbonyl (C=O) groups is 2. The van der Waals surface area contributed by atoms with Crippen molar-refractivity contribution >= 4 is 18.1 Å². The summed E-state index contributed by atoms with van der Waals surface area (Å²) in [5.74, 6) is -1.72. The number of ether oxygens (including phenoxy) is 2. The van der Waals surface area contributed by atoms with Gasteiger partial charge in [-0.05, 0) is 12.1 Å². The van der Waals surface area contributed by atoms with E-state index < -0.39 is 12.1 Å². The minimum Gasteiger partial charge on any atom is -0.488 e. The summed E-state index contributed by atoms with van der Waals surface area (Å²) < 4.78 is 46.1. The van der Waals surface area contributed by atoms with Crippen LogP contribution in [0, 0.1) is 0 Å². The Balaban J connectivity index is 0.00000254. The quantitative estimate of drug-likeness (QED) is 0.604. The zero-order valence-corrected chi connectivity index (χ0v) is 13.9. The number of para-hydroxylation sites is 1. The molecule has 1 aromatic rings. The average Bonchev–Trinajstić information content (AvgIpc) is 2.53. The van der Waals surface area contributed by atoms with Crippen LogP contribution in [0.2, 0.25) is 0 Å².